The number of rotatable bonds is 1. The minimum Gasteiger partial charge on any atom is -0.320 e. The molecule has 1 aromatic carbocycles. The zero-order chi connectivity index (χ0) is 15.3. The quantitative estimate of drug-likeness (QED) is 0.824. The van der Waals surface area contributed by atoms with E-state index in [-0.39, 0.29) is 6.42 Å². The first-order chi connectivity index (χ1) is 9.79. The van der Waals surface area contributed by atoms with Gasteiger partial charge in [-0.1, -0.05) is 19.3 Å². The second-order valence-electron chi connectivity index (χ2n) is 6.26. The van der Waals surface area contributed by atoms with Gasteiger partial charge in [0.25, 0.3) is 0 Å². The van der Waals surface area contributed by atoms with Crippen LogP contribution in [0.25, 0.3) is 0 Å². The number of benzene rings is 1. The fourth-order valence-electron chi connectivity index (χ4n) is 3.45. The van der Waals surface area contributed by atoms with E-state index in [4.69, 9.17) is 5.73 Å². The molecule has 2 aliphatic rings. The topological polar surface area (TPSA) is 38.4 Å². The summed E-state index contributed by atoms with van der Waals surface area (Å²) in [7, 11) is 0. The Bertz CT molecular complexity index is 596. The van der Waals surface area contributed by atoms with Gasteiger partial charge in [-0.05, 0) is 43.0 Å². The van der Waals surface area contributed by atoms with Crippen molar-refractivity contribution in [2.45, 2.75) is 57.2 Å². The van der Waals surface area contributed by atoms with Crippen LogP contribution in [0.1, 0.15) is 48.8 Å². The lowest BCUT2D eigenvalue weighted by atomic mass is 9.77. The van der Waals surface area contributed by atoms with Crippen LogP contribution in [0, 0.1) is 6.92 Å². The molecule has 1 aliphatic carbocycles. The zero-order valence-corrected chi connectivity index (χ0v) is 12.1. The maximum Gasteiger partial charge on any atom is 0.416 e. The molecule has 5 heteroatoms. The standard InChI is InChI=1S/C16H19F3N2/c1-10-7-12(16(17,18)19)11-9-14(21-13(11)8-10)15(20)5-3-2-4-6-15/h7-8H,2-6,9,20H2,1H3. The van der Waals surface area contributed by atoms with Crippen molar-refractivity contribution in [3.8, 4) is 0 Å². The molecular weight excluding hydrogens is 277 g/mol. The fourth-order valence-corrected chi connectivity index (χ4v) is 3.45. The van der Waals surface area contributed by atoms with Crippen LogP contribution in [-0.4, -0.2) is 11.3 Å². The number of fused-ring (bicyclic) bond motifs is 1. The molecule has 21 heavy (non-hydrogen) atoms. The van der Waals surface area contributed by atoms with Crippen molar-refractivity contribution in [3.63, 3.8) is 0 Å². The van der Waals surface area contributed by atoms with E-state index < -0.39 is 17.3 Å². The van der Waals surface area contributed by atoms with Gasteiger partial charge in [0.2, 0.25) is 0 Å². The van der Waals surface area contributed by atoms with Crippen LogP contribution in [0.3, 0.4) is 0 Å². The molecule has 0 aromatic heterocycles. The molecule has 1 aromatic rings. The van der Waals surface area contributed by atoms with Crippen LogP contribution in [0.5, 0.6) is 0 Å². The van der Waals surface area contributed by atoms with Crippen LogP contribution in [0.15, 0.2) is 17.1 Å². The summed E-state index contributed by atoms with van der Waals surface area (Å²) in [6.45, 7) is 1.67. The first-order valence-corrected chi connectivity index (χ1v) is 7.37. The van der Waals surface area contributed by atoms with Crippen LogP contribution in [0.4, 0.5) is 18.9 Å². The molecule has 0 spiro atoms. The molecule has 3 rings (SSSR count). The smallest absolute Gasteiger partial charge is 0.320 e. The number of nitrogens with zero attached hydrogens (tertiary/aromatic N) is 1. The van der Waals surface area contributed by atoms with Crippen molar-refractivity contribution in [1.82, 2.24) is 0 Å². The van der Waals surface area contributed by atoms with E-state index in [1.165, 1.54) is 6.07 Å². The average molecular weight is 296 g/mol. The van der Waals surface area contributed by atoms with E-state index in [0.717, 1.165) is 37.8 Å². The Morgan fingerprint density at radius 2 is 1.81 bits per heavy atom. The number of nitrogens with two attached hydrogens (primary N) is 1. The van der Waals surface area contributed by atoms with Gasteiger partial charge in [-0.2, -0.15) is 13.2 Å². The lowest BCUT2D eigenvalue weighted by Crippen LogP contribution is -2.49. The SMILES string of the molecule is Cc1cc2c(c(C(F)(F)F)c1)CC(C1(N)CCCCC1)=N2. The van der Waals surface area contributed by atoms with Crippen molar-refractivity contribution in [3.05, 3.63) is 28.8 Å². The molecular formula is C16H19F3N2. The van der Waals surface area contributed by atoms with Crippen LogP contribution < -0.4 is 5.73 Å². The summed E-state index contributed by atoms with van der Waals surface area (Å²) in [4.78, 5) is 4.47. The summed E-state index contributed by atoms with van der Waals surface area (Å²) in [6, 6.07) is 2.94. The highest BCUT2D eigenvalue weighted by Gasteiger charge is 2.40. The molecule has 1 fully saturated rings. The van der Waals surface area contributed by atoms with Gasteiger partial charge < -0.3 is 5.73 Å². The summed E-state index contributed by atoms with van der Waals surface area (Å²) >= 11 is 0. The summed E-state index contributed by atoms with van der Waals surface area (Å²) in [6.07, 6.45) is 0.733. The molecule has 0 saturated heterocycles. The van der Waals surface area contributed by atoms with Crippen LogP contribution in [0.2, 0.25) is 0 Å². The molecule has 0 bridgehead atoms. The Morgan fingerprint density at radius 3 is 2.43 bits per heavy atom. The molecule has 0 radical (unpaired) electrons. The summed E-state index contributed by atoms with van der Waals surface area (Å²) in [5, 5.41) is 0. The van der Waals surface area contributed by atoms with Gasteiger partial charge in [-0.15, -0.1) is 0 Å². The average Bonchev–Trinajstić information content (AvgIpc) is 2.81. The number of aryl methyl sites for hydroxylation is 1. The van der Waals surface area contributed by atoms with E-state index in [9.17, 15) is 13.2 Å². The molecule has 1 heterocycles. The Morgan fingerprint density at radius 1 is 1.14 bits per heavy atom. The van der Waals surface area contributed by atoms with Crippen LogP contribution in [-0.2, 0) is 12.6 Å². The zero-order valence-electron chi connectivity index (χ0n) is 12.1. The van der Waals surface area contributed by atoms with Gasteiger partial charge >= 0.3 is 6.18 Å². The molecule has 2 N–H and O–H groups in total. The third-order valence-corrected chi connectivity index (χ3v) is 4.60. The monoisotopic (exact) mass is 296 g/mol. The van der Waals surface area contributed by atoms with Gasteiger partial charge in [-0.25, -0.2) is 0 Å². The van der Waals surface area contributed by atoms with E-state index in [2.05, 4.69) is 4.99 Å². The molecule has 0 atom stereocenters. The minimum absolute atomic E-state index is 0.237. The van der Waals surface area contributed by atoms with Gasteiger partial charge in [0.05, 0.1) is 16.8 Å². The van der Waals surface area contributed by atoms with Crippen molar-refractivity contribution in [2.24, 2.45) is 10.7 Å². The fraction of sp³-hybridized carbons (Fsp3) is 0.562. The van der Waals surface area contributed by atoms with Crippen molar-refractivity contribution in [2.75, 3.05) is 0 Å². The van der Waals surface area contributed by atoms with Crippen molar-refractivity contribution >= 4 is 11.4 Å². The Labute approximate surface area is 122 Å². The molecule has 1 saturated carbocycles. The molecule has 2 nitrogen and oxygen atoms in total. The third kappa shape index (κ3) is 2.59. The normalized spacial score (nSPS) is 21.1. The molecule has 0 unspecified atom stereocenters. The Hall–Kier alpha value is -1.36. The maximum atomic E-state index is 13.2. The van der Waals surface area contributed by atoms with E-state index in [0.29, 0.717) is 16.8 Å². The largest absolute Gasteiger partial charge is 0.416 e. The number of hydrogen-bond acceptors (Lipinski definition) is 2. The Balaban J connectivity index is 1.99. The van der Waals surface area contributed by atoms with Gasteiger partial charge in [-0.3, -0.25) is 4.99 Å². The van der Waals surface area contributed by atoms with Gasteiger partial charge in [0.15, 0.2) is 0 Å². The third-order valence-electron chi connectivity index (χ3n) is 4.60. The minimum atomic E-state index is -4.34. The second-order valence-corrected chi connectivity index (χ2v) is 6.26. The van der Waals surface area contributed by atoms with Crippen molar-refractivity contribution in [1.29, 1.82) is 0 Å². The first-order valence-electron chi connectivity index (χ1n) is 7.37. The lowest BCUT2D eigenvalue weighted by molar-refractivity contribution is -0.138. The highest BCUT2D eigenvalue weighted by molar-refractivity contribution is 6.01. The van der Waals surface area contributed by atoms with Gasteiger partial charge in [0.1, 0.15) is 0 Å². The Kier molecular flexibility index (Phi) is 3.35. The number of hydrogen-bond donors (Lipinski definition) is 1. The van der Waals surface area contributed by atoms with Crippen molar-refractivity contribution < 1.29 is 13.2 Å². The summed E-state index contributed by atoms with van der Waals surface area (Å²) in [5.41, 5.74) is 7.41. The number of halogens is 3. The van der Waals surface area contributed by atoms with Gasteiger partial charge in [0, 0.05) is 12.1 Å². The molecule has 0 amide bonds. The van der Waals surface area contributed by atoms with E-state index >= 15 is 0 Å². The highest BCUT2D eigenvalue weighted by atomic mass is 19.4. The summed E-state index contributed by atoms with van der Waals surface area (Å²) in [5.74, 6) is 0. The van der Waals surface area contributed by atoms with E-state index in [1.807, 2.05) is 0 Å². The predicted octanol–water partition coefficient (Wildman–Crippen LogP) is 4.30. The maximum absolute atomic E-state index is 13.2. The second kappa shape index (κ2) is 4.83. The molecule has 114 valence electrons. The highest BCUT2D eigenvalue weighted by Crippen LogP contribution is 2.42. The summed E-state index contributed by atoms with van der Waals surface area (Å²) < 4.78 is 39.6. The van der Waals surface area contributed by atoms with Crippen LogP contribution >= 0.6 is 0 Å². The number of aliphatic imine (C=N–C) groups is 1. The number of alkyl halides is 3. The lowest BCUT2D eigenvalue weighted by Gasteiger charge is -2.33. The van der Waals surface area contributed by atoms with E-state index in [1.54, 1.807) is 13.0 Å². The first kappa shape index (κ1) is 14.6. The predicted molar refractivity (Wildman–Crippen MR) is 77.0 cm³/mol. The molecule has 1 aliphatic heterocycles.